The molecule has 0 radical (unpaired) electrons. The maximum atomic E-state index is 6.20. The zero-order valence-electron chi connectivity index (χ0n) is 11.9. The van der Waals surface area contributed by atoms with Crippen molar-refractivity contribution in [3.8, 4) is 5.75 Å². The van der Waals surface area contributed by atoms with Gasteiger partial charge in [-0.1, -0.05) is 41.9 Å². The second kappa shape index (κ2) is 7.32. The van der Waals surface area contributed by atoms with Crippen LogP contribution in [-0.2, 0) is 6.54 Å². The van der Waals surface area contributed by atoms with Crippen molar-refractivity contribution in [2.45, 2.75) is 26.4 Å². The van der Waals surface area contributed by atoms with E-state index in [-0.39, 0.29) is 6.04 Å². The Hall–Kier alpha value is -1.51. The Balaban J connectivity index is 1.93. The highest BCUT2D eigenvalue weighted by atomic mass is 35.5. The van der Waals surface area contributed by atoms with Crippen LogP contribution in [0.25, 0.3) is 0 Å². The summed E-state index contributed by atoms with van der Waals surface area (Å²) in [5.74, 6) is 0.912. The number of hydrogen-bond acceptors (Lipinski definition) is 2. The Morgan fingerprint density at radius 2 is 1.80 bits per heavy atom. The average molecular weight is 290 g/mol. The molecule has 0 aromatic heterocycles. The summed E-state index contributed by atoms with van der Waals surface area (Å²) in [6.07, 6.45) is 0. The van der Waals surface area contributed by atoms with Crippen molar-refractivity contribution in [1.29, 1.82) is 0 Å². The first-order valence-corrected chi connectivity index (χ1v) is 7.28. The Bertz CT molecular complexity index is 539. The number of benzene rings is 2. The van der Waals surface area contributed by atoms with Gasteiger partial charge in [0.25, 0.3) is 0 Å². The highest BCUT2D eigenvalue weighted by molar-refractivity contribution is 6.31. The second-order valence-electron chi connectivity index (χ2n) is 4.70. The Morgan fingerprint density at radius 1 is 1.10 bits per heavy atom. The van der Waals surface area contributed by atoms with E-state index in [1.807, 2.05) is 37.3 Å². The number of rotatable bonds is 6. The highest BCUT2D eigenvalue weighted by Gasteiger charge is 2.08. The van der Waals surface area contributed by atoms with Gasteiger partial charge in [-0.2, -0.15) is 0 Å². The molecule has 0 spiro atoms. The molecule has 0 aliphatic carbocycles. The summed E-state index contributed by atoms with van der Waals surface area (Å²) in [4.78, 5) is 0. The van der Waals surface area contributed by atoms with Gasteiger partial charge in [0.1, 0.15) is 5.75 Å². The molecule has 0 saturated carbocycles. The molecule has 0 saturated heterocycles. The van der Waals surface area contributed by atoms with Crippen molar-refractivity contribution in [1.82, 2.24) is 5.32 Å². The van der Waals surface area contributed by atoms with Crippen LogP contribution in [-0.4, -0.2) is 6.61 Å². The predicted molar refractivity (Wildman–Crippen MR) is 84.3 cm³/mol. The molecular weight excluding hydrogens is 270 g/mol. The minimum Gasteiger partial charge on any atom is -0.494 e. The lowest BCUT2D eigenvalue weighted by atomic mass is 10.1. The molecule has 0 heterocycles. The van der Waals surface area contributed by atoms with Crippen molar-refractivity contribution in [3.05, 3.63) is 64.7 Å². The summed E-state index contributed by atoms with van der Waals surface area (Å²) >= 11 is 6.20. The van der Waals surface area contributed by atoms with Crippen molar-refractivity contribution in [2.75, 3.05) is 6.61 Å². The summed E-state index contributed by atoms with van der Waals surface area (Å²) in [6.45, 7) is 5.61. The fraction of sp³-hybridized carbons (Fsp3) is 0.294. The molecule has 2 nitrogen and oxygen atoms in total. The molecule has 1 atom stereocenters. The van der Waals surface area contributed by atoms with E-state index < -0.39 is 0 Å². The van der Waals surface area contributed by atoms with Crippen LogP contribution >= 0.6 is 11.6 Å². The molecule has 20 heavy (non-hydrogen) atoms. The van der Waals surface area contributed by atoms with Crippen molar-refractivity contribution >= 4 is 11.6 Å². The van der Waals surface area contributed by atoms with Crippen LogP contribution in [0.3, 0.4) is 0 Å². The monoisotopic (exact) mass is 289 g/mol. The quantitative estimate of drug-likeness (QED) is 0.840. The van der Waals surface area contributed by atoms with E-state index in [2.05, 4.69) is 30.4 Å². The third-order valence-electron chi connectivity index (χ3n) is 3.22. The average Bonchev–Trinajstić information content (AvgIpc) is 2.47. The van der Waals surface area contributed by atoms with Gasteiger partial charge >= 0.3 is 0 Å². The molecule has 3 heteroatoms. The van der Waals surface area contributed by atoms with E-state index in [0.717, 1.165) is 22.9 Å². The van der Waals surface area contributed by atoms with E-state index >= 15 is 0 Å². The van der Waals surface area contributed by atoms with Gasteiger partial charge in [-0.25, -0.2) is 0 Å². The molecule has 0 amide bonds. The van der Waals surface area contributed by atoms with Crippen LogP contribution in [0.1, 0.15) is 31.0 Å². The SMILES string of the molecule is CCOc1ccc(CNC(C)c2ccccc2Cl)cc1. The molecule has 0 aliphatic heterocycles. The first-order chi connectivity index (χ1) is 9.70. The molecule has 106 valence electrons. The van der Waals surface area contributed by atoms with Crippen LogP contribution in [0, 0.1) is 0 Å². The summed E-state index contributed by atoms with van der Waals surface area (Å²) in [5.41, 5.74) is 2.35. The van der Waals surface area contributed by atoms with Crippen molar-refractivity contribution < 1.29 is 4.74 Å². The Labute approximate surface area is 125 Å². The fourth-order valence-electron chi connectivity index (χ4n) is 2.08. The van der Waals surface area contributed by atoms with Gasteiger partial charge in [0.15, 0.2) is 0 Å². The first-order valence-electron chi connectivity index (χ1n) is 6.90. The second-order valence-corrected chi connectivity index (χ2v) is 5.11. The lowest BCUT2D eigenvalue weighted by molar-refractivity contribution is 0.340. The minimum atomic E-state index is 0.218. The van der Waals surface area contributed by atoms with Crippen LogP contribution in [0.5, 0.6) is 5.75 Å². The third kappa shape index (κ3) is 3.99. The van der Waals surface area contributed by atoms with Crippen LogP contribution in [0.2, 0.25) is 5.02 Å². The molecular formula is C17H20ClNO. The van der Waals surface area contributed by atoms with E-state index in [1.54, 1.807) is 0 Å². The lowest BCUT2D eigenvalue weighted by Gasteiger charge is -2.16. The van der Waals surface area contributed by atoms with Crippen LogP contribution in [0.15, 0.2) is 48.5 Å². The molecule has 1 unspecified atom stereocenters. The first kappa shape index (κ1) is 14.9. The summed E-state index contributed by atoms with van der Waals surface area (Å²) in [7, 11) is 0. The van der Waals surface area contributed by atoms with Crippen LogP contribution in [0.4, 0.5) is 0 Å². The lowest BCUT2D eigenvalue weighted by Crippen LogP contribution is -2.18. The normalized spacial score (nSPS) is 12.2. The molecule has 2 aromatic carbocycles. The number of ether oxygens (including phenoxy) is 1. The zero-order chi connectivity index (χ0) is 14.4. The van der Waals surface area contributed by atoms with Gasteiger partial charge in [-0.15, -0.1) is 0 Å². The number of nitrogens with one attached hydrogen (secondary N) is 1. The number of halogens is 1. The molecule has 0 aliphatic rings. The summed E-state index contributed by atoms with van der Waals surface area (Å²) in [5, 5.41) is 4.29. The molecule has 1 N–H and O–H groups in total. The molecule has 0 bridgehead atoms. The van der Waals surface area contributed by atoms with E-state index in [4.69, 9.17) is 16.3 Å². The van der Waals surface area contributed by atoms with E-state index in [9.17, 15) is 0 Å². The highest BCUT2D eigenvalue weighted by Crippen LogP contribution is 2.22. The largest absolute Gasteiger partial charge is 0.494 e. The van der Waals surface area contributed by atoms with Crippen LogP contribution < -0.4 is 10.1 Å². The molecule has 0 fully saturated rings. The van der Waals surface area contributed by atoms with Gasteiger partial charge in [0, 0.05) is 17.6 Å². The number of hydrogen-bond donors (Lipinski definition) is 1. The Kier molecular flexibility index (Phi) is 5.45. The maximum Gasteiger partial charge on any atom is 0.119 e. The zero-order valence-corrected chi connectivity index (χ0v) is 12.7. The third-order valence-corrected chi connectivity index (χ3v) is 3.56. The van der Waals surface area contributed by atoms with Gasteiger partial charge in [-0.05, 0) is 43.2 Å². The van der Waals surface area contributed by atoms with E-state index in [1.165, 1.54) is 5.56 Å². The molecule has 2 aromatic rings. The van der Waals surface area contributed by atoms with Gasteiger partial charge in [-0.3, -0.25) is 0 Å². The topological polar surface area (TPSA) is 21.3 Å². The maximum absolute atomic E-state index is 6.20. The predicted octanol–water partition coefficient (Wildman–Crippen LogP) is 4.59. The molecule has 2 rings (SSSR count). The fourth-order valence-corrected chi connectivity index (χ4v) is 2.38. The Morgan fingerprint density at radius 3 is 2.45 bits per heavy atom. The summed E-state index contributed by atoms with van der Waals surface area (Å²) < 4.78 is 5.43. The van der Waals surface area contributed by atoms with Gasteiger partial charge in [0.2, 0.25) is 0 Å². The standard InChI is InChI=1S/C17H20ClNO/c1-3-20-15-10-8-14(9-11-15)12-19-13(2)16-6-4-5-7-17(16)18/h4-11,13,19H,3,12H2,1-2H3. The smallest absolute Gasteiger partial charge is 0.119 e. The van der Waals surface area contributed by atoms with Gasteiger partial charge < -0.3 is 10.1 Å². The van der Waals surface area contributed by atoms with Gasteiger partial charge in [0.05, 0.1) is 6.61 Å². The summed E-state index contributed by atoms with van der Waals surface area (Å²) in [6, 6.07) is 16.3. The van der Waals surface area contributed by atoms with E-state index in [0.29, 0.717) is 6.61 Å². The minimum absolute atomic E-state index is 0.218. The van der Waals surface area contributed by atoms with Crippen molar-refractivity contribution in [2.24, 2.45) is 0 Å². The van der Waals surface area contributed by atoms with Crippen molar-refractivity contribution in [3.63, 3.8) is 0 Å².